The largest absolute Gasteiger partial charge is 0.495 e. The molecule has 0 aromatic heterocycles. The standard InChI is InChI=1S/C32H39ClN4O7S/c1-8-26(31(39)34-32(4,5)6)35(19-23-12-9-21(2)10-13-23)30(38)20-36(28-17-24(33)14-16-29(28)44-7)45(42,43)25-15-11-22(3)27(18-25)37(40)41/h9-18,26H,8,19-20H2,1-7H3,(H,34,39). The lowest BCUT2D eigenvalue weighted by molar-refractivity contribution is -0.385. The Balaban J connectivity index is 2.20. The van der Waals surface area contributed by atoms with Crippen molar-refractivity contribution in [1.82, 2.24) is 10.2 Å². The maximum absolute atomic E-state index is 14.3. The third-order valence-corrected chi connectivity index (χ3v) is 9.00. The Morgan fingerprint density at radius 1 is 1.04 bits per heavy atom. The monoisotopic (exact) mass is 658 g/mol. The first-order valence-electron chi connectivity index (χ1n) is 14.3. The van der Waals surface area contributed by atoms with Gasteiger partial charge in [-0.1, -0.05) is 54.4 Å². The van der Waals surface area contributed by atoms with Crippen LogP contribution in [0, 0.1) is 24.0 Å². The highest BCUT2D eigenvalue weighted by atomic mass is 35.5. The third-order valence-electron chi connectivity index (χ3n) is 7.01. The Kier molecular flexibility index (Phi) is 11.2. The van der Waals surface area contributed by atoms with Crippen LogP contribution in [0.4, 0.5) is 11.4 Å². The van der Waals surface area contributed by atoms with E-state index in [1.807, 2.05) is 52.0 Å². The molecule has 2 amide bonds. The number of carbonyl (C=O) groups excluding carboxylic acids is 2. The zero-order chi connectivity index (χ0) is 33.7. The summed E-state index contributed by atoms with van der Waals surface area (Å²) in [5, 5.41) is 14.8. The Hall–Kier alpha value is -4.16. The number of carbonyl (C=O) groups is 2. The van der Waals surface area contributed by atoms with Gasteiger partial charge in [0.15, 0.2) is 0 Å². The van der Waals surface area contributed by atoms with Gasteiger partial charge in [-0.25, -0.2) is 8.42 Å². The van der Waals surface area contributed by atoms with Gasteiger partial charge in [-0.2, -0.15) is 0 Å². The molecule has 0 saturated heterocycles. The first kappa shape index (κ1) is 35.3. The molecule has 0 bridgehead atoms. The second-order valence-corrected chi connectivity index (χ2v) is 14.0. The zero-order valence-electron chi connectivity index (χ0n) is 26.5. The fourth-order valence-corrected chi connectivity index (χ4v) is 6.31. The fraction of sp³-hybridized carbons (Fsp3) is 0.375. The van der Waals surface area contributed by atoms with Crippen LogP contribution in [-0.4, -0.2) is 55.3 Å². The second-order valence-electron chi connectivity index (χ2n) is 11.7. The van der Waals surface area contributed by atoms with E-state index in [9.17, 15) is 28.1 Å². The van der Waals surface area contributed by atoms with Gasteiger partial charge in [0.2, 0.25) is 11.8 Å². The van der Waals surface area contributed by atoms with Gasteiger partial charge < -0.3 is 15.0 Å². The maximum atomic E-state index is 14.3. The van der Waals surface area contributed by atoms with Crippen molar-refractivity contribution in [2.24, 2.45) is 0 Å². The Bertz CT molecular complexity index is 1670. The first-order valence-corrected chi connectivity index (χ1v) is 16.1. The van der Waals surface area contributed by atoms with E-state index in [4.69, 9.17) is 16.3 Å². The number of anilines is 1. The number of nitro benzene ring substituents is 1. The highest BCUT2D eigenvalue weighted by Crippen LogP contribution is 2.36. The van der Waals surface area contributed by atoms with Crippen LogP contribution >= 0.6 is 11.6 Å². The van der Waals surface area contributed by atoms with Crippen molar-refractivity contribution in [2.75, 3.05) is 18.0 Å². The van der Waals surface area contributed by atoms with Gasteiger partial charge in [0.25, 0.3) is 15.7 Å². The van der Waals surface area contributed by atoms with Gasteiger partial charge in [0.05, 0.1) is 22.6 Å². The van der Waals surface area contributed by atoms with E-state index in [-0.39, 0.29) is 35.0 Å². The van der Waals surface area contributed by atoms with Crippen molar-refractivity contribution in [2.45, 2.75) is 71.0 Å². The van der Waals surface area contributed by atoms with Crippen LogP contribution in [0.15, 0.2) is 65.6 Å². The van der Waals surface area contributed by atoms with Crippen LogP contribution in [0.3, 0.4) is 0 Å². The van der Waals surface area contributed by atoms with Crippen molar-refractivity contribution in [3.63, 3.8) is 0 Å². The van der Waals surface area contributed by atoms with Crippen LogP contribution in [0.1, 0.15) is 50.8 Å². The summed E-state index contributed by atoms with van der Waals surface area (Å²) >= 11 is 6.28. The smallest absolute Gasteiger partial charge is 0.273 e. The number of sulfonamides is 1. The fourth-order valence-electron chi connectivity index (χ4n) is 4.71. The van der Waals surface area contributed by atoms with E-state index in [1.165, 1.54) is 49.3 Å². The summed E-state index contributed by atoms with van der Waals surface area (Å²) in [5.41, 5.74) is 0.968. The number of aryl methyl sites for hydroxylation is 2. The first-order chi connectivity index (χ1) is 21.0. The lowest BCUT2D eigenvalue weighted by atomic mass is 10.1. The van der Waals surface area contributed by atoms with Crippen LogP contribution in [0.2, 0.25) is 5.02 Å². The quantitative estimate of drug-likeness (QED) is 0.192. The van der Waals surface area contributed by atoms with Crippen LogP contribution in [0.5, 0.6) is 5.75 Å². The number of hydrogen-bond donors (Lipinski definition) is 1. The molecule has 242 valence electrons. The molecule has 3 rings (SSSR count). The van der Waals surface area contributed by atoms with Crippen molar-refractivity contribution in [1.29, 1.82) is 0 Å². The molecule has 0 aliphatic rings. The van der Waals surface area contributed by atoms with Gasteiger partial charge in [0.1, 0.15) is 18.3 Å². The van der Waals surface area contributed by atoms with E-state index < -0.39 is 55.5 Å². The molecular weight excluding hydrogens is 620 g/mol. The number of halogens is 1. The van der Waals surface area contributed by atoms with Crippen molar-refractivity contribution >= 4 is 44.8 Å². The molecule has 1 unspecified atom stereocenters. The minimum absolute atomic E-state index is 0.0196. The van der Waals surface area contributed by atoms with Crippen molar-refractivity contribution in [3.05, 3.63) is 92.5 Å². The predicted octanol–water partition coefficient (Wildman–Crippen LogP) is 5.79. The molecule has 13 heteroatoms. The van der Waals surface area contributed by atoms with E-state index in [0.29, 0.717) is 0 Å². The Morgan fingerprint density at radius 2 is 1.69 bits per heavy atom. The molecule has 0 aliphatic heterocycles. The van der Waals surface area contributed by atoms with Crippen LogP contribution < -0.4 is 14.4 Å². The molecule has 3 aromatic carbocycles. The van der Waals surface area contributed by atoms with Gasteiger partial charge in [-0.05, 0) is 70.9 Å². The number of methoxy groups -OCH3 is 1. The van der Waals surface area contributed by atoms with E-state index in [1.54, 1.807) is 6.92 Å². The predicted molar refractivity (Wildman–Crippen MR) is 174 cm³/mol. The van der Waals surface area contributed by atoms with Crippen molar-refractivity contribution in [3.8, 4) is 5.75 Å². The maximum Gasteiger partial charge on any atom is 0.273 e. The lowest BCUT2D eigenvalue weighted by Crippen LogP contribution is -2.55. The average molecular weight is 659 g/mol. The number of hydrogen-bond acceptors (Lipinski definition) is 7. The third kappa shape index (κ3) is 8.73. The second kappa shape index (κ2) is 14.3. The number of nitro groups is 1. The van der Waals surface area contributed by atoms with Crippen LogP contribution in [-0.2, 0) is 26.2 Å². The normalized spacial score (nSPS) is 12.3. The highest BCUT2D eigenvalue weighted by molar-refractivity contribution is 7.92. The molecule has 0 fully saturated rings. The number of nitrogens with zero attached hydrogens (tertiary/aromatic N) is 3. The minimum Gasteiger partial charge on any atom is -0.495 e. The van der Waals surface area contributed by atoms with Gasteiger partial charge in [-0.3, -0.25) is 24.0 Å². The van der Waals surface area contributed by atoms with Gasteiger partial charge in [0, 0.05) is 28.7 Å². The summed E-state index contributed by atoms with van der Waals surface area (Å²) in [6.07, 6.45) is 0.247. The highest BCUT2D eigenvalue weighted by Gasteiger charge is 2.36. The molecule has 1 atom stereocenters. The molecule has 11 nitrogen and oxygen atoms in total. The number of ether oxygens (including phenoxy) is 1. The topological polar surface area (TPSA) is 139 Å². The number of rotatable bonds is 12. The zero-order valence-corrected chi connectivity index (χ0v) is 28.0. The van der Waals surface area contributed by atoms with Gasteiger partial charge >= 0.3 is 0 Å². The molecule has 0 spiro atoms. The minimum atomic E-state index is -4.62. The van der Waals surface area contributed by atoms with Crippen LogP contribution in [0.25, 0.3) is 0 Å². The van der Waals surface area contributed by atoms with E-state index in [2.05, 4.69) is 5.32 Å². The van der Waals surface area contributed by atoms with E-state index >= 15 is 0 Å². The molecule has 3 aromatic rings. The molecular formula is C32H39ClN4O7S. The lowest BCUT2D eigenvalue weighted by Gasteiger charge is -2.35. The molecule has 1 N–H and O–H groups in total. The number of amides is 2. The number of benzene rings is 3. The summed E-state index contributed by atoms with van der Waals surface area (Å²) in [6.45, 7) is 9.92. The summed E-state index contributed by atoms with van der Waals surface area (Å²) < 4.78 is 34.8. The summed E-state index contributed by atoms with van der Waals surface area (Å²) in [4.78, 5) is 39.8. The SMILES string of the molecule is CCC(C(=O)NC(C)(C)C)N(Cc1ccc(C)cc1)C(=O)CN(c1cc(Cl)ccc1OC)S(=O)(=O)c1ccc(C)c([N+](=O)[O-])c1. The number of nitrogens with one attached hydrogen (secondary N) is 1. The molecule has 45 heavy (non-hydrogen) atoms. The average Bonchev–Trinajstić information content (AvgIpc) is 2.95. The Labute approximate surface area is 269 Å². The molecule has 0 heterocycles. The molecule has 0 aliphatic carbocycles. The summed E-state index contributed by atoms with van der Waals surface area (Å²) in [7, 11) is -3.29. The molecule has 0 saturated carbocycles. The summed E-state index contributed by atoms with van der Waals surface area (Å²) in [6, 6.07) is 14.3. The Morgan fingerprint density at radius 3 is 2.24 bits per heavy atom. The summed E-state index contributed by atoms with van der Waals surface area (Å²) in [5.74, 6) is -0.979. The van der Waals surface area contributed by atoms with E-state index in [0.717, 1.165) is 21.5 Å². The van der Waals surface area contributed by atoms with Gasteiger partial charge in [-0.15, -0.1) is 0 Å². The molecule has 0 radical (unpaired) electrons. The van der Waals surface area contributed by atoms with Crippen molar-refractivity contribution < 1.29 is 27.7 Å².